The highest BCUT2D eigenvalue weighted by Crippen LogP contribution is 2.60. The van der Waals surface area contributed by atoms with Crippen LogP contribution in [-0.4, -0.2) is 66.7 Å². The molecule has 1 fully saturated rings. The van der Waals surface area contributed by atoms with Crippen LogP contribution in [0.25, 0.3) is 0 Å². The number of anilines is 5. The van der Waals surface area contributed by atoms with Crippen molar-refractivity contribution in [3.8, 4) is 5.75 Å². The van der Waals surface area contributed by atoms with Crippen LogP contribution in [0.2, 0.25) is 18.6 Å². The van der Waals surface area contributed by atoms with Crippen molar-refractivity contribution >= 4 is 60.4 Å². The molecule has 0 bridgehead atoms. The maximum Gasteiger partial charge on any atom is 0.264 e. The van der Waals surface area contributed by atoms with Crippen molar-refractivity contribution in [3.63, 3.8) is 0 Å². The molecule has 0 radical (unpaired) electrons. The normalized spacial score (nSPS) is 19.3. The predicted octanol–water partition coefficient (Wildman–Crippen LogP) is 8.85. The van der Waals surface area contributed by atoms with Crippen molar-refractivity contribution in [2.45, 2.75) is 62.7 Å². The minimum atomic E-state index is -2.52. The zero-order valence-corrected chi connectivity index (χ0v) is 39.1. The van der Waals surface area contributed by atoms with Crippen LogP contribution in [0.4, 0.5) is 28.4 Å². The number of methoxy groups -OCH3 is 1. The number of para-hydroxylation sites is 2. The summed E-state index contributed by atoms with van der Waals surface area (Å²) in [6.45, 7) is 7.45. The molecule has 12 nitrogen and oxygen atoms in total. The minimum absolute atomic E-state index is 0.0679. The molecule has 5 atom stereocenters. The smallest absolute Gasteiger partial charge is 0.264 e. The molecule has 1 unspecified atom stereocenters. The molecular formula is C54H54N6O6Si. The van der Waals surface area contributed by atoms with Crippen LogP contribution in [0.3, 0.4) is 0 Å². The Morgan fingerprint density at radius 1 is 0.791 bits per heavy atom. The van der Waals surface area contributed by atoms with Crippen LogP contribution in [-0.2, 0) is 37.8 Å². The second kappa shape index (κ2) is 19.0. The average molecular weight is 911 g/mol. The SMILES string of the molecule is COc1ccc([Si](C)(C)[C@@H]2[C@@H](CCn3cc(C(CO)c4ccccc4)nn3)O[C@]3(C(=O)N(Cc4ccc(N(C=O)c5ccccc5)cc4)c4ccc(N(C=O)c5ccccc5)cc43)[C@H]2C)cc1. The van der Waals surface area contributed by atoms with Crippen LogP contribution in [0.5, 0.6) is 5.75 Å². The van der Waals surface area contributed by atoms with Crippen molar-refractivity contribution < 1.29 is 29.0 Å². The second-order valence-electron chi connectivity index (χ2n) is 17.9. The van der Waals surface area contributed by atoms with Gasteiger partial charge < -0.3 is 19.5 Å². The summed E-state index contributed by atoms with van der Waals surface area (Å²) in [4.78, 5) is 46.0. The Bertz CT molecular complexity index is 2830. The lowest BCUT2D eigenvalue weighted by Gasteiger charge is -2.37. The molecule has 0 saturated carbocycles. The third kappa shape index (κ3) is 8.34. The molecule has 3 amide bonds. The lowest BCUT2D eigenvalue weighted by Crippen LogP contribution is -2.51. The first kappa shape index (κ1) is 45.0. The molecule has 67 heavy (non-hydrogen) atoms. The van der Waals surface area contributed by atoms with Crippen LogP contribution >= 0.6 is 0 Å². The number of aliphatic hydroxyl groups is 1. The van der Waals surface area contributed by atoms with E-state index < -0.39 is 19.8 Å². The largest absolute Gasteiger partial charge is 0.497 e. The average Bonchev–Trinajstić information content (AvgIpc) is 4.03. The van der Waals surface area contributed by atoms with Gasteiger partial charge in [0.1, 0.15) is 5.75 Å². The van der Waals surface area contributed by atoms with Gasteiger partial charge in [-0.1, -0.05) is 121 Å². The van der Waals surface area contributed by atoms with Gasteiger partial charge >= 0.3 is 0 Å². The highest BCUT2D eigenvalue weighted by molar-refractivity contribution is 6.91. The second-order valence-corrected chi connectivity index (χ2v) is 22.6. The molecule has 3 heterocycles. The maximum absolute atomic E-state index is 15.8. The number of aryl methyl sites for hydroxylation is 1. The van der Waals surface area contributed by atoms with Gasteiger partial charge in [-0.3, -0.25) is 28.9 Å². The first-order valence-corrected chi connectivity index (χ1v) is 25.7. The van der Waals surface area contributed by atoms with Crippen molar-refractivity contribution in [3.05, 3.63) is 186 Å². The summed E-state index contributed by atoms with van der Waals surface area (Å²) < 4.78 is 14.9. The molecular weight excluding hydrogens is 857 g/mol. The fourth-order valence-electron chi connectivity index (χ4n) is 10.4. The standard InChI is InChI=1S/C54H54N6O6Si/c1-38-52(67(3,4)46-27-25-45(65-2)26-28-46)51(30-31-57-34-49(55-56-57)47(35-61)40-14-8-5-9-15-40)66-54(38)48-32-44(60(37-63)42-18-12-7-13-19-42)24-29-50(48)58(53(54)64)33-39-20-22-43(23-21-39)59(36-62)41-16-10-6-11-17-41/h5-29,32,34,36-38,47,51-52,61H,30-31,33,35H2,1-4H3/t38-,47?,51+,52-,54+/m0/s1. The number of carbonyl (C=O) groups excluding carboxylic acids is 3. The number of fused-ring (bicyclic) bond motifs is 2. The summed E-state index contributed by atoms with van der Waals surface area (Å²) in [5, 5.41) is 20.7. The summed E-state index contributed by atoms with van der Waals surface area (Å²) in [6.07, 6.45) is 3.63. The molecule has 9 rings (SSSR count). The number of amides is 3. The van der Waals surface area contributed by atoms with Gasteiger partial charge in [0.25, 0.3) is 5.91 Å². The van der Waals surface area contributed by atoms with E-state index in [2.05, 4.69) is 42.5 Å². The number of aliphatic hydroxyl groups excluding tert-OH is 1. The summed E-state index contributed by atoms with van der Waals surface area (Å²) >= 11 is 0. The highest BCUT2D eigenvalue weighted by atomic mass is 28.3. The highest BCUT2D eigenvalue weighted by Gasteiger charge is 2.66. The van der Waals surface area contributed by atoms with Crippen LogP contribution in [0.15, 0.2) is 164 Å². The van der Waals surface area contributed by atoms with E-state index >= 15 is 4.79 Å². The Morgan fingerprint density at radius 2 is 1.37 bits per heavy atom. The number of hydrogen-bond donors (Lipinski definition) is 1. The van der Waals surface area contributed by atoms with E-state index in [9.17, 15) is 14.7 Å². The first-order chi connectivity index (χ1) is 32.6. The molecule has 1 spiro atoms. The molecule has 2 aliphatic rings. The monoisotopic (exact) mass is 910 g/mol. The van der Waals surface area contributed by atoms with E-state index in [1.165, 1.54) is 5.19 Å². The zero-order valence-electron chi connectivity index (χ0n) is 38.1. The summed E-state index contributed by atoms with van der Waals surface area (Å²) in [5.74, 6) is -0.0410. The fraction of sp³-hybridized carbons (Fsp3) is 0.241. The van der Waals surface area contributed by atoms with E-state index in [4.69, 9.17) is 9.47 Å². The molecule has 6 aromatic carbocycles. The summed E-state index contributed by atoms with van der Waals surface area (Å²) in [6, 6.07) is 50.4. The minimum Gasteiger partial charge on any atom is -0.497 e. The van der Waals surface area contributed by atoms with Crippen LogP contribution in [0.1, 0.15) is 41.6 Å². The molecule has 340 valence electrons. The summed E-state index contributed by atoms with van der Waals surface area (Å²) in [7, 11) is -0.862. The maximum atomic E-state index is 15.8. The van der Waals surface area contributed by atoms with Crippen molar-refractivity contribution in [1.82, 2.24) is 15.0 Å². The number of hydrogen-bond acceptors (Lipinski definition) is 8. The predicted molar refractivity (Wildman–Crippen MR) is 263 cm³/mol. The molecule has 13 heteroatoms. The number of aromatic nitrogens is 3. The van der Waals surface area contributed by atoms with Gasteiger partial charge in [0.05, 0.1) is 51.7 Å². The van der Waals surface area contributed by atoms with Crippen molar-refractivity contribution in [2.24, 2.45) is 5.92 Å². The molecule has 0 aliphatic carbocycles. The number of rotatable bonds is 17. The van der Waals surface area contributed by atoms with E-state index in [1.54, 1.807) is 16.9 Å². The van der Waals surface area contributed by atoms with Crippen molar-refractivity contribution in [1.29, 1.82) is 0 Å². The molecule has 2 aliphatic heterocycles. The Balaban J connectivity index is 1.11. The third-order valence-electron chi connectivity index (χ3n) is 13.9. The Kier molecular flexibility index (Phi) is 12.7. The molecule has 1 aromatic heterocycles. The van der Waals surface area contributed by atoms with E-state index in [-0.39, 0.29) is 36.4 Å². The number of benzene rings is 6. The number of carbonyl (C=O) groups is 3. The topological polar surface area (TPSA) is 130 Å². The Hall–Kier alpha value is -7.19. The van der Waals surface area contributed by atoms with Gasteiger partial charge in [-0.15, -0.1) is 5.10 Å². The Morgan fingerprint density at radius 3 is 1.97 bits per heavy atom. The van der Waals surface area contributed by atoms with Gasteiger partial charge in [-0.25, -0.2) is 0 Å². The van der Waals surface area contributed by atoms with E-state index in [1.807, 2.05) is 161 Å². The number of nitrogens with zero attached hydrogens (tertiary/aromatic N) is 6. The first-order valence-electron chi connectivity index (χ1n) is 22.6. The van der Waals surface area contributed by atoms with Crippen LogP contribution in [0, 0.1) is 5.92 Å². The van der Waals surface area contributed by atoms with E-state index in [0.29, 0.717) is 47.0 Å². The lowest BCUT2D eigenvalue weighted by atomic mass is 9.82. The quantitative estimate of drug-likeness (QED) is 0.0709. The van der Waals surface area contributed by atoms with Gasteiger partial charge in [0.15, 0.2) is 5.60 Å². The van der Waals surface area contributed by atoms with E-state index in [0.717, 1.165) is 35.4 Å². The molecule has 1 N–H and O–H groups in total. The number of ether oxygens (including phenoxy) is 2. The lowest BCUT2D eigenvalue weighted by molar-refractivity contribution is -0.146. The van der Waals surface area contributed by atoms with Crippen LogP contribution < -0.4 is 24.6 Å². The molecule has 7 aromatic rings. The van der Waals surface area contributed by atoms with Gasteiger partial charge in [-0.2, -0.15) is 0 Å². The third-order valence-corrected chi connectivity index (χ3v) is 18.2. The van der Waals surface area contributed by atoms with Gasteiger partial charge in [0.2, 0.25) is 12.8 Å². The van der Waals surface area contributed by atoms with Gasteiger partial charge in [0, 0.05) is 47.0 Å². The molecule has 1 saturated heterocycles. The Labute approximate surface area is 392 Å². The summed E-state index contributed by atoms with van der Waals surface area (Å²) in [5.41, 5.74) is 5.18. The van der Waals surface area contributed by atoms with Crippen molar-refractivity contribution in [2.75, 3.05) is 28.4 Å². The zero-order chi connectivity index (χ0) is 46.7. The van der Waals surface area contributed by atoms with Gasteiger partial charge in [-0.05, 0) is 89.8 Å². The fourth-order valence-corrected chi connectivity index (χ4v) is 14.5.